The average Bonchev–Trinajstić information content (AvgIpc) is 3.53. The molecule has 6 aromatic carbocycles. The van der Waals surface area contributed by atoms with Crippen LogP contribution in [0.1, 0.15) is 0 Å². The minimum Gasteiger partial charge on any atom is -0.456 e. The number of hydrogen-bond donors (Lipinski definition) is 0. The van der Waals surface area contributed by atoms with Gasteiger partial charge in [-0.2, -0.15) is 0 Å². The van der Waals surface area contributed by atoms with Crippen LogP contribution in [0, 0.1) is 0 Å². The molecule has 0 spiro atoms. The summed E-state index contributed by atoms with van der Waals surface area (Å²) in [4.78, 5) is 15.0. The fourth-order valence-corrected chi connectivity index (χ4v) is 6.38. The topological polar surface area (TPSA) is 51.8 Å². The van der Waals surface area contributed by atoms with Crippen molar-refractivity contribution in [3.8, 4) is 56.2 Å². The Kier molecular flexibility index (Phi) is 6.43. The Balaban J connectivity index is 1.19. The molecule has 9 rings (SSSR count). The number of fused-ring (bicyclic) bond motifs is 4. The Morgan fingerprint density at radius 2 is 1.06 bits per heavy atom. The van der Waals surface area contributed by atoms with E-state index in [1.165, 1.54) is 5.56 Å². The predicted molar refractivity (Wildman–Crippen MR) is 192 cm³/mol. The van der Waals surface area contributed by atoms with Crippen LogP contribution in [0.5, 0.6) is 0 Å². The van der Waals surface area contributed by atoms with Crippen LogP contribution in [0.2, 0.25) is 0 Å². The van der Waals surface area contributed by atoms with E-state index in [-0.39, 0.29) is 0 Å². The molecule has 0 saturated heterocycles. The van der Waals surface area contributed by atoms with E-state index < -0.39 is 0 Å². The van der Waals surface area contributed by atoms with E-state index in [0.717, 1.165) is 77.6 Å². The predicted octanol–water partition coefficient (Wildman–Crippen LogP) is 11.3. The molecule has 0 radical (unpaired) electrons. The molecule has 47 heavy (non-hydrogen) atoms. The molecule has 4 nitrogen and oxygen atoms in total. The van der Waals surface area contributed by atoms with Gasteiger partial charge < -0.3 is 4.42 Å². The molecule has 0 aliphatic heterocycles. The second kappa shape index (κ2) is 11.2. The van der Waals surface area contributed by atoms with Crippen molar-refractivity contribution >= 4 is 32.8 Å². The summed E-state index contributed by atoms with van der Waals surface area (Å²) >= 11 is 0. The minimum absolute atomic E-state index is 0.643. The highest BCUT2D eigenvalue weighted by Gasteiger charge is 2.15. The molecular weight excluding hydrogens is 574 g/mol. The minimum atomic E-state index is 0.643. The first-order chi connectivity index (χ1) is 23.3. The number of nitrogens with zero attached hydrogens (tertiary/aromatic N) is 3. The monoisotopic (exact) mass is 601 g/mol. The van der Waals surface area contributed by atoms with Crippen molar-refractivity contribution in [2.24, 2.45) is 0 Å². The van der Waals surface area contributed by atoms with E-state index in [4.69, 9.17) is 19.4 Å². The SMILES string of the molecule is c1ccc(-c2ccc(-c3cc(-c4cccc(-c5cccc6cccnc56)c4)nc(-c4ccc5c(c4)oc4ccccc45)n3)cc2)cc1. The van der Waals surface area contributed by atoms with Gasteiger partial charge in [-0.05, 0) is 53.1 Å². The van der Waals surface area contributed by atoms with Gasteiger partial charge in [0, 0.05) is 44.6 Å². The number of para-hydroxylation sites is 2. The molecule has 0 bridgehead atoms. The molecule has 9 aromatic rings. The van der Waals surface area contributed by atoms with Gasteiger partial charge in [-0.25, -0.2) is 9.97 Å². The lowest BCUT2D eigenvalue weighted by molar-refractivity contribution is 0.669. The first kappa shape index (κ1) is 27.0. The molecule has 220 valence electrons. The average molecular weight is 602 g/mol. The molecule has 0 unspecified atom stereocenters. The van der Waals surface area contributed by atoms with Crippen LogP contribution in [0.3, 0.4) is 0 Å². The van der Waals surface area contributed by atoms with Gasteiger partial charge in [0.15, 0.2) is 5.82 Å². The van der Waals surface area contributed by atoms with Crippen molar-refractivity contribution in [2.45, 2.75) is 0 Å². The Bertz CT molecular complexity index is 2560. The maximum Gasteiger partial charge on any atom is 0.160 e. The second-order valence-corrected chi connectivity index (χ2v) is 11.7. The standard InChI is InChI=1S/C43H27N3O/c1-2-9-28(10-3-1)29-18-20-30(21-19-29)38-27-39(33-13-6-12-32(25-33)35-16-7-11-31-14-8-24-44-42(31)35)46-43(45-38)34-22-23-37-36-15-4-5-17-40(36)47-41(37)26-34/h1-27H. The summed E-state index contributed by atoms with van der Waals surface area (Å²) in [5.74, 6) is 0.643. The van der Waals surface area contributed by atoms with E-state index >= 15 is 0 Å². The summed E-state index contributed by atoms with van der Waals surface area (Å²) in [5.41, 5.74) is 11.8. The smallest absolute Gasteiger partial charge is 0.160 e. The zero-order valence-corrected chi connectivity index (χ0v) is 25.3. The van der Waals surface area contributed by atoms with Gasteiger partial charge in [-0.15, -0.1) is 0 Å². The lowest BCUT2D eigenvalue weighted by atomic mass is 9.98. The fourth-order valence-electron chi connectivity index (χ4n) is 6.38. The third kappa shape index (κ3) is 4.93. The quantitative estimate of drug-likeness (QED) is 0.197. The molecule has 0 saturated carbocycles. The zero-order chi connectivity index (χ0) is 31.2. The molecule has 0 amide bonds. The molecule has 3 heterocycles. The number of aromatic nitrogens is 3. The van der Waals surface area contributed by atoms with Crippen molar-refractivity contribution in [3.63, 3.8) is 0 Å². The lowest BCUT2D eigenvalue weighted by Crippen LogP contribution is -1.96. The van der Waals surface area contributed by atoms with Gasteiger partial charge >= 0.3 is 0 Å². The molecule has 0 aliphatic carbocycles. The molecule has 3 aromatic heterocycles. The first-order valence-corrected chi connectivity index (χ1v) is 15.7. The second-order valence-electron chi connectivity index (χ2n) is 11.7. The summed E-state index contributed by atoms with van der Waals surface area (Å²) in [5, 5.41) is 3.29. The van der Waals surface area contributed by atoms with Crippen molar-refractivity contribution in [1.29, 1.82) is 0 Å². The van der Waals surface area contributed by atoms with Crippen molar-refractivity contribution in [2.75, 3.05) is 0 Å². The summed E-state index contributed by atoms with van der Waals surface area (Å²) in [6.45, 7) is 0. The molecule has 0 atom stereocenters. The van der Waals surface area contributed by atoms with Crippen LogP contribution in [0.4, 0.5) is 0 Å². The maximum atomic E-state index is 6.24. The van der Waals surface area contributed by atoms with Crippen LogP contribution in [-0.4, -0.2) is 15.0 Å². The third-order valence-electron chi connectivity index (χ3n) is 8.75. The zero-order valence-electron chi connectivity index (χ0n) is 25.3. The van der Waals surface area contributed by atoms with Gasteiger partial charge in [0.05, 0.1) is 16.9 Å². The highest BCUT2D eigenvalue weighted by Crippen LogP contribution is 2.35. The highest BCUT2D eigenvalue weighted by atomic mass is 16.3. The summed E-state index contributed by atoms with van der Waals surface area (Å²) in [7, 11) is 0. The van der Waals surface area contributed by atoms with Gasteiger partial charge in [0.25, 0.3) is 0 Å². The highest BCUT2D eigenvalue weighted by molar-refractivity contribution is 6.05. The molecule has 0 aliphatic rings. The van der Waals surface area contributed by atoms with Gasteiger partial charge in [-0.1, -0.05) is 121 Å². The van der Waals surface area contributed by atoms with Crippen molar-refractivity contribution in [1.82, 2.24) is 15.0 Å². The van der Waals surface area contributed by atoms with Crippen molar-refractivity contribution in [3.05, 3.63) is 164 Å². The van der Waals surface area contributed by atoms with Crippen LogP contribution >= 0.6 is 0 Å². The molecule has 0 fully saturated rings. The Labute approximate surface area is 271 Å². The van der Waals surface area contributed by atoms with E-state index in [2.05, 4.69) is 127 Å². The molecule has 4 heteroatoms. The van der Waals surface area contributed by atoms with Crippen LogP contribution in [-0.2, 0) is 0 Å². The largest absolute Gasteiger partial charge is 0.456 e. The van der Waals surface area contributed by atoms with E-state index in [9.17, 15) is 0 Å². The summed E-state index contributed by atoms with van der Waals surface area (Å²) < 4.78 is 6.24. The number of rotatable bonds is 5. The van der Waals surface area contributed by atoms with Crippen LogP contribution in [0.15, 0.2) is 168 Å². The maximum absolute atomic E-state index is 6.24. The molecular formula is C43H27N3O. The number of benzene rings is 6. The van der Waals surface area contributed by atoms with E-state index in [1.807, 2.05) is 36.5 Å². The number of hydrogen-bond acceptors (Lipinski definition) is 4. The van der Waals surface area contributed by atoms with Gasteiger partial charge in [0.1, 0.15) is 11.2 Å². The molecule has 0 N–H and O–H groups in total. The number of furan rings is 1. The fraction of sp³-hybridized carbons (Fsp3) is 0. The normalized spacial score (nSPS) is 11.4. The van der Waals surface area contributed by atoms with Crippen molar-refractivity contribution < 1.29 is 4.42 Å². The van der Waals surface area contributed by atoms with Crippen LogP contribution in [0.25, 0.3) is 89.0 Å². The first-order valence-electron chi connectivity index (χ1n) is 15.7. The Hall–Kier alpha value is -6.39. The summed E-state index contributed by atoms with van der Waals surface area (Å²) in [6, 6.07) is 54.4. The summed E-state index contributed by atoms with van der Waals surface area (Å²) in [6.07, 6.45) is 1.85. The van der Waals surface area contributed by atoms with E-state index in [0.29, 0.717) is 5.82 Å². The third-order valence-corrected chi connectivity index (χ3v) is 8.75. The Morgan fingerprint density at radius 1 is 0.404 bits per heavy atom. The van der Waals surface area contributed by atoms with Crippen LogP contribution < -0.4 is 0 Å². The van der Waals surface area contributed by atoms with Gasteiger partial charge in [-0.3, -0.25) is 4.98 Å². The lowest BCUT2D eigenvalue weighted by Gasteiger charge is -2.12. The van der Waals surface area contributed by atoms with E-state index in [1.54, 1.807) is 0 Å². The number of pyridine rings is 1. The van der Waals surface area contributed by atoms with Gasteiger partial charge in [0.2, 0.25) is 0 Å². The Morgan fingerprint density at radius 3 is 1.96 bits per heavy atom.